The number of nitrogens with one attached hydrogen (secondary N) is 2. The normalized spacial score (nSPS) is 9.67. The Kier molecular flexibility index (Phi) is 3.98. The zero-order valence-electron chi connectivity index (χ0n) is 7.67. The maximum absolute atomic E-state index is 10.8. The molecule has 82 valence electrons. The maximum Gasteiger partial charge on any atom is 0.330 e. The first kappa shape index (κ1) is 11.4. The summed E-state index contributed by atoms with van der Waals surface area (Å²) in [6.07, 6.45) is 1.57. The second-order valence-corrected chi connectivity index (χ2v) is 2.90. The zero-order chi connectivity index (χ0) is 11.3. The zero-order valence-corrected chi connectivity index (χ0v) is 8.57. The van der Waals surface area contributed by atoms with Crippen LogP contribution in [0.5, 0.6) is 0 Å². The van der Waals surface area contributed by atoms with E-state index >= 15 is 0 Å². The van der Waals surface area contributed by atoms with Gasteiger partial charge in [0.05, 0.1) is 13.0 Å². The molecule has 1 rings (SSSR count). The first-order valence-corrected chi connectivity index (χ1v) is 4.53. The lowest BCUT2D eigenvalue weighted by atomic mass is 10.4. The van der Waals surface area contributed by atoms with Gasteiger partial charge in [0.2, 0.25) is 0 Å². The Morgan fingerprint density at radius 1 is 1.60 bits per heavy atom. The third-order valence-corrected chi connectivity index (χ3v) is 1.74. The average molecular weight is 230 g/mol. The van der Waals surface area contributed by atoms with Gasteiger partial charge in [0.25, 0.3) is 0 Å². The van der Waals surface area contributed by atoms with E-state index in [1.807, 2.05) is 0 Å². The molecule has 0 saturated heterocycles. The van der Waals surface area contributed by atoms with Crippen LogP contribution in [0.2, 0.25) is 0 Å². The van der Waals surface area contributed by atoms with Crippen LogP contribution in [0.25, 0.3) is 0 Å². The topological polar surface area (TPSA) is 96.2 Å². The summed E-state index contributed by atoms with van der Waals surface area (Å²) in [6.45, 7) is 0.263. The summed E-state index contributed by atoms with van der Waals surface area (Å²) in [4.78, 5) is 21.1. The van der Waals surface area contributed by atoms with E-state index in [2.05, 4.69) is 28.0 Å². The van der Waals surface area contributed by atoms with Crippen LogP contribution >= 0.6 is 12.8 Å². The molecule has 15 heavy (non-hydrogen) atoms. The molecule has 0 atom stereocenters. The van der Waals surface area contributed by atoms with Crippen LogP contribution in [0.4, 0.5) is 10.6 Å². The first-order valence-electron chi connectivity index (χ1n) is 4.08. The van der Waals surface area contributed by atoms with Crippen LogP contribution in [-0.4, -0.2) is 26.9 Å². The van der Waals surface area contributed by atoms with Gasteiger partial charge in [-0.1, -0.05) is 12.8 Å². The van der Waals surface area contributed by atoms with Crippen molar-refractivity contribution < 1.29 is 14.7 Å². The van der Waals surface area contributed by atoms with Crippen LogP contribution in [0.3, 0.4) is 0 Å². The summed E-state index contributed by atoms with van der Waals surface area (Å²) in [5, 5.41) is 14.7. The van der Waals surface area contributed by atoms with Gasteiger partial charge in [-0.3, -0.25) is 19.5 Å². The molecule has 0 bridgehead atoms. The number of hydrogen-bond acceptors (Lipinski definition) is 4. The second kappa shape index (κ2) is 5.25. The molecule has 0 aliphatic heterocycles. The number of aliphatic carboxylic acids is 1. The van der Waals surface area contributed by atoms with Gasteiger partial charge in [0.15, 0.2) is 5.82 Å². The van der Waals surface area contributed by atoms with Crippen molar-refractivity contribution in [2.45, 2.75) is 13.0 Å². The largest absolute Gasteiger partial charge is 0.481 e. The molecule has 8 heteroatoms. The molecule has 1 aromatic rings. The number of thiol groups is 1. The number of rotatable bonds is 4. The number of carboxylic acid groups (broad SMARTS) is 1. The average Bonchev–Trinajstić information content (AvgIpc) is 2.62. The molecule has 0 aromatic carbocycles. The maximum atomic E-state index is 10.8. The lowest BCUT2D eigenvalue weighted by Gasteiger charge is -1.99. The van der Waals surface area contributed by atoms with Gasteiger partial charge in [-0.15, -0.1) is 0 Å². The molecular formula is C7H10N4O3S. The molecule has 0 aliphatic rings. The van der Waals surface area contributed by atoms with Crippen LogP contribution in [-0.2, 0) is 11.3 Å². The highest BCUT2D eigenvalue weighted by Gasteiger charge is 2.03. The fraction of sp³-hybridized carbons (Fsp3) is 0.286. The van der Waals surface area contributed by atoms with Crippen molar-refractivity contribution >= 4 is 30.6 Å². The highest BCUT2D eigenvalue weighted by Crippen LogP contribution is 2.02. The highest BCUT2D eigenvalue weighted by atomic mass is 32.1. The SMILES string of the molecule is O=C(O)CCn1ccc(NC(=O)NS)n1. The minimum Gasteiger partial charge on any atom is -0.481 e. The number of carbonyl (C=O) groups is 2. The van der Waals surface area contributed by atoms with Crippen molar-refractivity contribution in [3.05, 3.63) is 12.3 Å². The molecule has 2 amide bonds. The van der Waals surface area contributed by atoms with Gasteiger partial charge in [0, 0.05) is 12.3 Å². The second-order valence-electron chi connectivity index (χ2n) is 2.67. The number of carbonyl (C=O) groups excluding carboxylic acids is 1. The van der Waals surface area contributed by atoms with Gasteiger partial charge < -0.3 is 5.11 Å². The molecule has 0 unspecified atom stereocenters. The molecule has 0 radical (unpaired) electrons. The molecule has 1 heterocycles. The predicted octanol–water partition coefficient (Wildman–Crippen LogP) is 0.324. The number of aromatic nitrogens is 2. The summed E-state index contributed by atoms with van der Waals surface area (Å²) in [7, 11) is 0. The van der Waals surface area contributed by atoms with Crippen LogP contribution in [0.15, 0.2) is 12.3 Å². The van der Waals surface area contributed by atoms with Gasteiger partial charge >= 0.3 is 12.0 Å². The summed E-state index contributed by atoms with van der Waals surface area (Å²) < 4.78 is 3.51. The van der Waals surface area contributed by atoms with E-state index in [9.17, 15) is 9.59 Å². The van der Waals surface area contributed by atoms with Crippen molar-refractivity contribution in [2.75, 3.05) is 5.32 Å². The molecule has 0 aliphatic carbocycles. The molecule has 0 spiro atoms. The Hall–Kier alpha value is -1.70. The van der Waals surface area contributed by atoms with E-state index < -0.39 is 12.0 Å². The number of amides is 2. The summed E-state index contributed by atoms with van der Waals surface area (Å²) in [6, 6.07) is 1.06. The molecule has 1 aromatic heterocycles. The van der Waals surface area contributed by atoms with Crippen molar-refractivity contribution in [2.24, 2.45) is 0 Å². The smallest absolute Gasteiger partial charge is 0.330 e. The number of carboxylic acids is 1. The summed E-state index contributed by atoms with van der Waals surface area (Å²) in [5.41, 5.74) is 0. The lowest BCUT2D eigenvalue weighted by molar-refractivity contribution is -0.137. The summed E-state index contributed by atoms with van der Waals surface area (Å²) >= 11 is 3.55. The van der Waals surface area contributed by atoms with E-state index in [1.54, 1.807) is 12.3 Å². The van der Waals surface area contributed by atoms with E-state index in [1.165, 1.54) is 4.68 Å². The number of anilines is 1. The van der Waals surface area contributed by atoms with Gasteiger partial charge in [-0.2, -0.15) is 5.10 Å². The Morgan fingerprint density at radius 2 is 2.33 bits per heavy atom. The molecule has 3 N–H and O–H groups in total. The van der Waals surface area contributed by atoms with Crippen molar-refractivity contribution in [1.29, 1.82) is 0 Å². The van der Waals surface area contributed by atoms with Crippen molar-refractivity contribution in [3.63, 3.8) is 0 Å². The fourth-order valence-electron chi connectivity index (χ4n) is 0.907. The Labute approximate surface area is 91.0 Å². The third-order valence-electron chi connectivity index (χ3n) is 1.54. The van der Waals surface area contributed by atoms with Crippen molar-refractivity contribution in [3.8, 4) is 0 Å². The first-order chi connectivity index (χ1) is 7.11. The predicted molar refractivity (Wildman–Crippen MR) is 55.6 cm³/mol. The Morgan fingerprint density at radius 3 is 2.93 bits per heavy atom. The van der Waals surface area contributed by atoms with E-state index in [4.69, 9.17) is 5.11 Å². The van der Waals surface area contributed by atoms with Gasteiger partial charge in [-0.05, 0) is 0 Å². The van der Waals surface area contributed by atoms with Crippen LogP contribution in [0.1, 0.15) is 6.42 Å². The number of aryl methyl sites for hydroxylation is 1. The van der Waals surface area contributed by atoms with Gasteiger partial charge in [0.1, 0.15) is 0 Å². The summed E-state index contributed by atoms with van der Waals surface area (Å²) in [5.74, 6) is -0.556. The van der Waals surface area contributed by atoms with Gasteiger partial charge in [-0.25, -0.2) is 4.79 Å². The lowest BCUT2D eigenvalue weighted by Crippen LogP contribution is -2.20. The van der Waals surface area contributed by atoms with E-state index in [-0.39, 0.29) is 13.0 Å². The standard InChI is InChI=1S/C7H10N4O3S/c12-6(13)2-4-11-3-1-5(9-11)8-7(14)10-15/h1,3,15H,2,4H2,(H,12,13)(H2,8,9,10,14). The van der Waals surface area contributed by atoms with E-state index in [0.29, 0.717) is 5.82 Å². The minimum absolute atomic E-state index is 0.0140. The number of urea groups is 1. The fourth-order valence-corrected chi connectivity index (χ4v) is 0.963. The van der Waals surface area contributed by atoms with E-state index in [0.717, 1.165) is 0 Å². The van der Waals surface area contributed by atoms with Crippen LogP contribution in [0, 0.1) is 0 Å². The van der Waals surface area contributed by atoms with Crippen molar-refractivity contribution in [1.82, 2.24) is 14.5 Å². The Balaban J connectivity index is 2.49. The molecule has 7 nitrogen and oxygen atoms in total. The third kappa shape index (κ3) is 3.90. The minimum atomic E-state index is -0.895. The number of hydrogen-bond donors (Lipinski definition) is 4. The molecule has 0 fully saturated rings. The Bertz CT molecular complexity index is 365. The monoisotopic (exact) mass is 230 g/mol. The quantitative estimate of drug-likeness (QED) is 0.560. The number of nitrogens with zero attached hydrogens (tertiary/aromatic N) is 2. The van der Waals surface area contributed by atoms with Crippen LogP contribution < -0.4 is 10.0 Å². The molecule has 0 saturated carbocycles. The molecular weight excluding hydrogens is 220 g/mol. The highest BCUT2D eigenvalue weighted by molar-refractivity contribution is 7.78.